The summed E-state index contributed by atoms with van der Waals surface area (Å²) in [4.78, 5) is 24.6. The van der Waals surface area contributed by atoms with Crippen molar-refractivity contribution in [1.29, 1.82) is 0 Å². The number of amides is 1. The Balaban J connectivity index is 2.72. The molecule has 1 amide bonds. The zero-order valence-corrected chi connectivity index (χ0v) is 12.1. The van der Waals surface area contributed by atoms with E-state index in [1.54, 1.807) is 20.8 Å². The van der Waals surface area contributed by atoms with Gasteiger partial charge in [-0.3, -0.25) is 4.90 Å². The van der Waals surface area contributed by atoms with E-state index in [0.29, 0.717) is 6.42 Å². The van der Waals surface area contributed by atoms with Gasteiger partial charge in [0.1, 0.15) is 12.6 Å². The van der Waals surface area contributed by atoms with Gasteiger partial charge < -0.3 is 9.84 Å². The summed E-state index contributed by atoms with van der Waals surface area (Å²) in [5.41, 5.74) is 0.868. The van der Waals surface area contributed by atoms with E-state index in [2.05, 4.69) is 0 Å². The van der Waals surface area contributed by atoms with Gasteiger partial charge in [0, 0.05) is 6.04 Å². The molecule has 0 aliphatic heterocycles. The number of carbonyl (C=O) groups is 2. The highest BCUT2D eigenvalue weighted by molar-refractivity contribution is 5.80. The minimum absolute atomic E-state index is 0.138. The SMILES string of the molecule is CCC(C(=O)O)N(C(=O)OCc1ccccc1)C(C)C. The first kappa shape index (κ1) is 16.0. The molecule has 1 rings (SSSR count). The Morgan fingerprint density at radius 2 is 1.85 bits per heavy atom. The van der Waals surface area contributed by atoms with Gasteiger partial charge in [0.15, 0.2) is 0 Å². The van der Waals surface area contributed by atoms with Crippen molar-refractivity contribution in [1.82, 2.24) is 4.90 Å². The number of hydrogen-bond acceptors (Lipinski definition) is 3. The topological polar surface area (TPSA) is 66.8 Å². The molecular weight excluding hydrogens is 258 g/mol. The molecule has 0 heterocycles. The van der Waals surface area contributed by atoms with E-state index in [1.807, 2.05) is 30.3 Å². The Kier molecular flexibility index (Phi) is 6.03. The lowest BCUT2D eigenvalue weighted by atomic mass is 10.1. The number of aliphatic carboxylic acids is 1. The van der Waals surface area contributed by atoms with E-state index >= 15 is 0 Å². The van der Waals surface area contributed by atoms with E-state index < -0.39 is 18.1 Å². The second-order valence-corrected chi connectivity index (χ2v) is 4.80. The molecule has 110 valence electrons. The summed E-state index contributed by atoms with van der Waals surface area (Å²) in [5, 5.41) is 9.18. The Labute approximate surface area is 119 Å². The van der Waals surface area contributed by atoms with Crippen LogP contribution < -0.4 is 0 Å². The molecule has 20 heavy (non-hydrogen) atoms. The van der Waals surface area contributed by atoms with E-state index in [0.717, 1.165) is 5.56 Å². The summed E-state index contributed by atoms with van der Waals surface area (Å²) < 4.78 is 5.21. The van der Waals surface area contributed by atoms with Gasteiger partial charge in [-0.2, -0.15) is 0 Å². The molecule has 1 aromatic carbocycles. The number of ether oxygens (including phenoxy) is 1. The molecule has 0 fully saturated rings. The quantitative estimate of drug-likeness (QED) is 0.869. The van der Waals surface area contributed by atoms with Crippen LogP contribution in [0.3, 0.4) is 0 Å². The summed E-state index contributed by atoms with van der Waals surface area (Å²) in [7, 11) is 0. The van der Waals surface area contributed by atoms with Crippen LogP contribution in [0.5, 0.6) is 0 Å². The number of carboxylic acid groups (broad SMARTS) is 1. The van der Waals surface area contributed by atoms with Crippen LogP contribution in [-0.4, -0.2) is 34.2 Å². The smallest absolute Gasteiger partial charge is 0.411 e. The highest BCUT2D eigenvalue weighted by Gasteiger charge is 2.31. The molecular formula is C15H21NO4. The van der Waals surface area contributed by atoms with Gasteiger partial charge in [0.25, 0.3) is 0 Å². The Morgan fingerprint density at radius 3 is 2.30 bits per heavy atom. The fourth-order valence-electron chi connectivity index (χ4n) is 1.98. The first-order valence-electron chi connectivity index (χ1n) is 6.69. The van der Waals surface area contributed by atoms with E-state index in [-0.39, 0.29) is 12.6 Å². The van der Waals surface area contributed by atoms with Crippen molar-refractivity contribution in [2.45, 2.75) is 45.9 Å². The molecule has 0 aliphatic rings. The molecule has 1 atom stereocenters. The van der Waals surface area contributed by atoms with Crippen LogP contribution >= 0.6 is 0 Å². The Hall–Kier alpha value is -2.04. The van der Waals surface area contributed by atoms with Crippen LogP contribution in [0.1, 0.15) is 32.8 Å². The minimum atomic E-state index is -1.02. The molecule has 0 spiro atoms. The number of carbonyl (C=O) groups excluding carboxylic acids is 1. The molecule has 5 nitrogen and oxygen atoms in total. The maximum Gasteiger partial charge on any atom is 0.411 e. The Bertz CT molecular complexity index is 444. The van der Waals surface area contributed by atoms with Crippen LogP contribution in [0.4, 0.5) is 4.79 Å². The van der Waals surface area contributed by atoms with Crippen molar-refractivity contribution < 1.29 is 19.4 Å². The normalized spacial score (nSPS) is 12.0. The summed E-state index contributed by atoms with van der Waals surface area (Å²) in [6.45, 7) is 5.42. The standard InChI is InChI=1S/C15H21NO4/c1-4-13(14(17)18)16(11(2)3)15(19)20-10-12-8-6-5-7-9-12/h5-9,11,13H,4,10H2,1-3H3,(H,17,18). The van der Waals surface area contributed by atoms with Crippen molar-refractivity contribution in [3.05, 3.63) is 35.9 Å². The van der Waals surface area contributed by atoms with Crippen molar-refractivity contribution in [3.63, 3.8) is 0 Å². The predicted molar refractivity (Wildman–Crippen MR) is 75.3 cm³/mol. The zero-order valence-electron chi connectivity index (χ0n) is 12.1. The molecule has 0 saturated carbocycles. The van der Waals surface area contributed by atoms with Crippen LogP contribution in [-0.2, 0) is 16.1 Å². The lowest BCUT2D eigenvalue weighted by Crippen LogP contribution is -2.48. The monoisotopic (exact) mass is 279 g/mol. The second-order valence-electron chi connectivity index (χ2n) is 4.80. The van der Waals surface area contributed by atoms with Crippen molar-refractivity contribution >= 4 is 12.1 Å². The van der Waals surface area contributed by atoms with Gasteiger partial charge in [-0.1, -0.05) is 37.3 Å². The lowest BCUT2D eigenvalue weighted by molar-refractivity contribution is -0.143. The number of carboxylic acids is 1. The molecule has 0 aliphatic carbocycles. The fraction of sp³-hybridized carbons (Fsp3) is 0.467. The second kappa shape index (κ2) is 7.53. The van der Waals surface area contributed by atoms with Crippen molar-refractivity contribution in [2.24, 2.45) is 0 Å². The number of benzene rings is 1. The third kappa shape index (κ3) is 4.26. The summed E-state index contributed by atoms with van der Waals surface area (Å²) in [5.74, 6) is -1.02. The number of nitrogens with zero attached hydrogens (tertiary/aromatic N) is 1. The number of rotatable bonds is 6. The first-order valence-corrected chi connectivity index (χ1v) is 6.69. The summed E-state index contributed by atoms with van der Waals surface area (Å²) >= 11 is 0. The molecule has 1 N–H and O–H groups in total. The maximum absolute atomic E-state index is 12.1. The van der Waals surface area contributed by atoms with Gasteiger partial charge >= 0.3 is 12.1 Å². The molecule has 1 unspecified atom stereocenters. The fourth-order valence-corrected chi connectivity index (χ4v) is 1.98. The minimum Gasteiger partial charge on any atom is -0.480 e. The average molecular weight is 279 g/mol. The number of hydrogen-bond donors (Lipinski definition) is 1. The van der Waals surface area contributed by atoms with E-state index in [1.165, 1.54) is 4.90 Å². The largest absolute Gasteiger partial charge is 0.480 e. The molecule has 0 saturated heterocycles. The van der Waals surface area contributed by atoms with E-state index in [4.69, 9.17) is 4.74 Å². The highest BCUT2D eigenvalue weighted by Crippen LogP contribution is 2.13. The average Bonchev–Trinajstić information content (AvgIpc) is 2.42. The first-order chi connectivity index (χ1) is 9.47. The van der Waals surface area contributed by atoms with Gasteiger partial charge in [-0.25, -0.2) is 9.59 Å². The van der Waals surface area contributed by atoms with Crippen LogP contribution in [0.25, 0.3) is 0 Å². The Morgan fingerprint density at radius 1 is 1.25 bits per heavy atom. The molecule has 0 aromatic heterocycles. The lowest BCUT2D eigenvalue weighted by Gasteiger charge is -2.30. The third-order valence-electron chi connectivity index (χ3n) is 2.98. The van der Waals surface area contributed by atoms with Crippen LogP contribution in [0, 0.1) is 0 Å². The van der Waals surface area contributed by atoms with Crippen molar-refractivity contribution in [2.75, 3.05) is 0 Å². The predicted octanol–water partition coefficient (Wildman–Crippen LogP) is 2.90. The highest BCUT2D eigenvalue weighted by atomic mass is 16.6. The molecule has 0 radical (unpaired) electrons. The summed E-state index contributed by atoms with van der Waals surface area (Å²) in [6, 6.07) is 8.19. The van der Waals surface area contributed by atoms with Crippen molar-refractivity contribution in [3.8, 4) is 0 Å². The third-order valence-corrected chi connectivity index (χ3v) is 2.98. The molecule has 5 heteroatoms. The zero-order chi connectivity index (χ0) is 15.1. The molecule has 0 bridgehead atoms. The van der Waals surface area contributed by atoms with Gasteiger partial charge in [-0.15, -0.1) is 0 Å². The van der Waals surface area contributed by atoms with Gasteiger partial charge in [0.05, 0.1) is 0 Å². The van der Waals surface area contributed by atoms with Gasteiger partial charge in [-0.05, 0) is 25.8 Å². The van der Waals surface area contributed by atoms with E-state index in [9.17, 15) is 14.7 Å². The molecule has 1 aromatic rings. The van der Waals surface area contributed by atoms with Gasteiger partial charge in [0.2, 0.25) is 0 Å². The van der Waals surface area contributed by atoms with Crippen LogP contribution in [0.2, 0.25) is 0 Å². The summed E-state index contributed by atoms with van der Waals surface area (Å²) in [6.07, 6.45) is -0.258. The maximum atomic E-state index is 12.1. The van der Waals surface area contributed by atoms with Crippen LogP contribution in [0.15, 0.2) is 30.3 Å².